The summed E-state index contributed by atoms with van der Waals surface area (Å²) in [4.78, 5) is 6.68. The van der Waals surface area contributed by atoms with E-state index in [9.17, 15) is 0 Å². The van der Waals surface area contributed by atoms with Crippen LogP contribution >= 0.6 is 0 Å². The number of rotatable bonds is 4. The van der Waals surface area contributed by atoms with E-state index < -0.39 is 0 Å². The molecule has 4 aromatic rings. The maximum absolute atomic E-state index is 6.09. The second-order valence-electron chi connectivity index (χ2n) is 7.30. The van der Waals surface area contributed by atoms with Crippen molar-refractivity contribution < 1.29 is 9.15 Å². The average molecular weight is 370 g/mol. The van der Waals surface area contributed by atoms with Crippen molar-refractivity contribution in [2.45, 2.75) is 19.5 Å². The zero-order valence-corrected chi connectivity index (χ0v) is 15.9. The van der Waals surface area contributed by atoms with Gasteiger partial charge in [-0.2, -0.15) is 0 Å². The van der Waals surface area contributed by atoms with E-state index >= 15 is 0 Å². The molecule has 2 aromatic heterocycles. The standard InChI is InChI=1S/C24H22N2O2/c1-27-23-12-17(15-26-10-8-18-5-2-3-6-20(18)16-26)11-21-13-22(28-24(21)23)19-7-4-9-25-14-19/h2-7,9,11-14H,8,10,15-16H2,1H3. The number of aromatic nitrogens is 1. The first kappa shape index (κ1) is 17.0. The number of pyridine rings is 1. The number of furan rings is 1. The fourth-order valence-electron chi connectivity index (χ4n) is 4.02. The molecule has 2 aromatic carbocycles. The highest BCUT2D eigenvalue weighted by Crippen LogP contribution is 2.35. The zero-order valence-electron chi connectivity index (χ0n) is 15.9. The van der Waals surface area contributed by atoms with Crippen LogP contribution in [0.3, 0.4) is 0 Å². The zero-order chi connectivity index (χ0) is 18.9. The van der Waals surface area contributed by atoms with E-state index in [4.69, 9.17) is 9.15 Å². The van der Waals surface area contributed by atoms with Gasteiger partial charge in [0.15, 0.2) is 11.3 Å². The van der Waals surface area contributed by atoms with E-state index in [0.717, 1.165) is 54.1 Å². The quantitative estimate of drug-likeness (QED) is 0.503. The van der Waals surface area contributed by atoms with Crippen molar-refractivity contribution in [3.8, 4) is 17.1 Å². The van der Waals surface area contributed by atoms with Gasteiger partial charge in [0.25, 0.3) is 0 Å². The van der Waals surface area contributed by atoms with Gasteiger partial charge in [-0.15, -0.1) is 0 Å². The minimum atomic E-state index is 0.778. The molecule has 0 saturated heterocycles. The van der Waals surface area contributed by atoms with E-state index in [1.165, 1.54) is 16.7 Å². The molecule has 0 N–H and O–H groups in total. The van der Waals surface area contributed by atoms with Gasteiger partial charge in [-0.1, -0.05) is 24.3 Å². The molecular weight excluding hydrogens is 348 g/mol. The summed E-state index contributed by atoms with van der Waals surface area (Å²) in [6.45, 7) is 2.96. The number of fused-ring (bicyclic) bond motifs is 2. The lowest BCUT2D eigenvalue weighted by atomic mass is 9.99. The molecule has 28 heavy (non-hydrogen) atoms. The van der Waals surface area contributed by atoms with Gasteiger partial charge in [-0.25, -0.2) is 0 Å². The molecule has 0 spiro atoms. The molecular formula is C24H22N2O2. The largest absolute Gasteiger partial charge is 0.493 e. The molecule has 0 aliphatic carbocycles. The summed E-state index contributed by atoms with van der Waals surface area (Å²) in [7, 11) is 1.70. The van der Waals surface area contributed by atoms with Crippen LogP contribution in [-0.2, 0) is 19.5 Å². The Morgan fingerprint density at radius 1 is 1.07 bits per heavy atom. The molecule has 3 heterocycles. The molecule has 1 aliphatic rings. The Labute approximate surface area is 164 Å². The summed E-state index contributed by atoms with van der Waals surface area (Å²) in [5, 5.41) is 1.06. The lowest BCUT2D eigenvalue weighted by Gasteiger charge is -2.28. The smallest absolute Gasteiger partial charge is 0.176 e. The van der Waals surface area contributed by atoms with Crippen LogP contribution in [-0.4, -0.2) is 23.5 Å². The fraction of sp³-hybridized carbons (Fsp3) is 0.208. The number of nitrogens with zero attached hydrogens (tertiary/aromatic N) is 2. The molecule has 0 bridgehead atoms. The Kier molecular flexibility index (Phi) is 4.34. The Balaban J connectivity index is 1.45. The highest BCUT2D eigenvalue weighted by molar-refractivity contribution is 5.88. The van der Waals surface area contributed by atoms with Gasteiger partial charge < -0.3 is 9.15 Å². The average Bonchev–Trinajstić information content (AvgIpc) is 3.18. The summed E-state index contributed by atoms with van der Waals surface area (Å²) < 4.78 is 11.7. The van der Waals surface area contributed by atoms with Crippen LogP contribution in [0.4, 0.5) is 0 Å². The maximum Gasteiger partial charge on any atom is 0.176 e. The third-order valence-corrected chi connectivity index (χ3v) is 5.42. The minimum absolute atomic E-state index is 0.778. The molecule has 0 unspecified atom stereocenters. The highest BCUT2D eigenvalue weighted by Gasteiger charge is 2.18. The monoisotopic (exact) mass is 370 g/mol. The van der Waals surface area contributed by atoms with Crippen LogP contribution in [0.15, 0.2) is 71.4 Å². The Morgan fingerprint density at radius 2 is 1.96 bits per heavy atom. The molecule has 0 amide bonds. The summed E-state index contributed by atoms with van der Waals surface area (Å²) >= 11 is 0. The first-order valence-corrected chi connectivity index (χ1v) is 9.60. The number of hydrogen-bond donors (Lipinski definition) is 0. The van der Waals surface area contributed by atoms with Crippen molar-refractivity contribution in [3.63, 3.8) is 0 Å². The van der Waals surface area contributed by atoms with Crippen LogP contribution in [0.5, 0.6) is 5.75 Å². The van der Waals surface area contributed by atoms with E-state index in [1.54, 1.807) is 13.3 Å². The summed E-state index contributed by atoms with van der Waals surface area (Å²) in [5.41, 5.74) is 5.90. The van der Waals surface area contributed by atoms with Crippen LogP contribution in [0, 0.1) is 0 Å². The normalized spacial score (nSPS) is 14.2. The van der Waals surface area contributed by atoms with Crippen molar-refractivity contribution in [3.05, 3.63) is 83.7 Å². The molecule has 4 heteroatoms. The number of methoxy groups -OCH3 is 1. The van der Waals surface area contributed by atoms with Crippen molar-refractivity contribution in [2.75, 3.05) is 13.7 Å². The van der Waals surface area contributed by atoms with E-state index in [0.29, 0.717) is 0 Å². The fourth-order valence-corrected chi connectivity index (χ4v) is 4.02. The molecule has 1 aliphatic heterocycles. The van der Waals surface area contributed by atoms with Gasteiger partial charge >= 0.3 is 0 Å². The summed E-state index contributed by atoms with van der Waals surface area (Å²) in [6, 6.07) is 19.0. The molecule has 140 valence electrons. The van der Waals surface area contributed by atoms with Crippen LogP contribution < -0.4 is 4.74 Å². The highest BCUT2D eigenvalue weighted by atomic mass is 16.5. The number of benzene rings is 2. The van der Waals surface area contributed by atoms with E-state index in [2.05, 4.69) is 52.3 Å². The maximum atomic E-state index is 6.09. The Bertz CT molecular complexity index is 1120. The predicted octanol–water partition coefficient (Wildman–Crippen LogP) is 5.06. The topological polar surface area (TPSA) is 38.5 Å². The van der Waals surface area contributed by atoms with E-state index in [-0.39, 0.29) is 0 Å². The number of ether oxygens (including phenoxy) is 1. The first-order valence-electron chi connectivity index (χ1n) is 9.60. The third-order valence-electron chi connectivity index (χ3n) is 5.42. The van der Waals surface area contributed by atoms with Gasteiger partial charge in [-0.3, -0.25) is 9.88 Å². The molecule has 0 fully saturated rings. The van der Waals surface area contributed by atoms with Crippen LogP contribution in [0.25, 0.3) is 22.3 Å². The Morgan fingerprint density at radius 3 is 2.79 bits per heavy atom. The molecule has 0 atom stereocenters. The molecule has 4 nitrogen and oxygen atoms in total. The van der Waals surface area contributed by atoms with Gasteiger partial charge in [0, 0.05) is 43.0 Å². The van der Waals surface area contributed by atoms with Gasteiger partial charge in [-0.05, 0) is 53.4 Å². The minimum Gasteiger partial charge on any atom is -0.493 e. The van der Waals surface area contributed by atoms with Crippen molar-refractivity contribution >= 4 is 11.0 Å². The van der Waals surface area contributed by atoms with Crippen molar-refractivity contribution in [1.29, 1.82) is 0 Å². The first-order chi connectivity index (χ1) is 13.8. The van der Waals surface area contributed by atoms with Crippen molar-refractivity contribution in [2.24, 2.45) is 0 Å². The second kappa shape index (κ2) is 7.13. The van der Waals surface area contributed by atoms with Gasteiger partial charge in [0.05, 0.1) is 7.11 Å². The molecule has 0 radical (unpaired) electrons. The van der Waals surface area contributed by atoms with Crippen LogP contribution in [0.1, 0.15) is 16.7 Å². The predicted molar refractivity (Wildman–Crippen MR) is 110 cm³/mol. The van der Waals surface area contributed by atoms with Gasteiger partial charge in [0.1, 0.15) is 5.76 Å². The van der Waals surface area contributed by atoms with Crippen LogP contribution in [0.2, 0.25) is 0 Å². The van der Waals surface area contributed by atoms with Gasteiger partial charge in [0.2, 0.25) is 0 Å². The molecule has 5 rings (SSSR count). The summed E-state index contributed by atoms with van der Waals surface area (Å²) in [6.07, 6.45) is 4.68. The lowest BCUT2D eigenvalue weighted by molar-refractivity contribution is 0.245. The third kappa shape index (κ3) is 3.16. The Hall–Kier alpha value is -3.11. The number of hydrogen-bond acceptors (Lipinski definition) is 4. The van der Waals surface area contributed by atoms with Crippen molar-refractivity contribution in [1.82, 2.24) is 9.88 Å². The lowest BCUT2D eigenvalue weighted by Crippen LogP contribution is -2.29. The summed E-state index contributed by atoms with van der Waals surface area (Å²) in [5.74, 6) is 1.59. The second-order valence-corrected chi connectivity index (χ2v) is 7.30. The SMILES string of the molecule is COc1cc(CN2CCc3ccccc3C2)cc2cc(-c3cccnc3)oc12. The van der Waals surface area contributed by atoms with E-state index in [1.807, 2.05) is 18.3 Å². The molecule has 0 saturated carbocycles.